The van der Waals surface area contributed by atoms with Crippen LogP contribution in [0.15, 0.2) is 59.6 Å². The molecular weight excluding hydrogens is 384 g/mol. The first-order chi connectivity index (χ1) is 12.6. The number of aryl methyl sites for hydroxylation is 1. The van der Waals surface area contributed by atoms with Crippen LogP contribution in [0.25, 0.3) is 17.0 Å². The van der Waals surface area contributed by atoms with Gasteiger partial charge in [-0.3, -0.25) is 9.69 Å². The van der Waals surface area contributed by atoms with E-state index in [2.05, 4.69) is 29.8 Å². The van der Waals surface area contributed by atoms with Crippen molar-refractivity contribution in [1.82, 2.24) is 4.57 Å². The Labute approximate surface area is 166 Å². The lowest BCUT2D eigenvalue weighted by atomic mass is 10.1. The summed E-state index contributed by atoms with van der Waals surface area (Å²) in [6, 6.07) is 15.3. The molecule has 0 unspecified atom stereocenters. The second-order valence-corrected chi connectivity index (χ2v) is 7.99. The molecule has 0 bridgehead atoms. The van der Waals surface area contributed by atoms with Crippen LogP contribution in [0.5, 0.6) is 0 Å². The maximum Gasteiger partial charge on any atom is 0.270 e. The summed E-state index contributed by atoms with van der Waals surface area (Å²) in [5, 5.41) is 1.76. The van der Waals surface area contributed by atoms with Crippen molar-refractivity contribution >= 4 is 68.5 Å². The predicted octanol–water partition coefficient (Wildman–Crippen LogP) is 5.72. The lowest BCUT2D eigenvalue weighted by Gasteiger charge is -2.14. The molecule has 130 valence electrons. The number of hydrogen-bond acceptors (Lipinski definition) is 3. The Morgan fingerprint density at radius 2 is 1.88 bits per heavy atom. The van der Waals surface area contributed by atoms with Gasteiger partial charge in [0.1, 0.15) is 0 Å². The molecule has 0 radical (unpaired) electrons. The molecule has 1 saturated heterocycles. The summed E-state index contributed by atoms with van der Waals surface area (Å²) < 4.78 is 2.71. The van der Waals surface area contributed by atoms with Gasteiger partial charge in [-0.15, -0.1) is 0 Å². The van der Waals surface area contributed by atoms with E-state index in [1.54, 1.807) is 29.2 Å². The van der Waals surface area contributed by atoms with Crippen LogP contribution in [0.4, 0.5) is 5.69 Å². The molecule has 0 atom stereocenters. The third kappa shape index (κ3) is 2.96. The molecule has 1 aliphatic heterocycles. The molecule has 0 aliphatic carbocycles. The summed E-state index contributed by atoms with van der Waals surface area (Å²) in [5.74, 6) is -0.101. The highest BCUT2D eigenvalue weighted by atomic mass is 35.5. The minimum atomic E-state index is -0.101. The van der Waals surface area contributed by atoms with Crippen LogP contribution in [0.1, 0.15) is 12.5 Å². The highest BCUT2D eigenvalue weighted by Crippen LogP contribution is 2.37. The first kappa shape index (κ1) is 17.3. The monoisotopic (exact) mass is 398 g/mol. The summed E-state index contributed by atoms with van der Waals surface area (Å²) in [4.78, 5) is 15.1. The molecule has 3 nitrogen and oxygen atoms in total. The molecule has 0 saturated carbocycles. The van der Waals surface area contributed by atoms with E-state index in [0.29, 0.717) is 14.2 Å². The Morgan fingerprint density at radius 1 is 1.15 bits per heavy atom. The summed E-state index contributed by atoms with van der Waals surface area (Å²) in [7, 11) is 0. The number of carbonyl (C=O) groups excluding carboxylic acids is 1. The molecule has 2 aromatic carbocycles. The molecule has 6 heteroatoms. The van der Waals surface area contributed by atoms with E-state index in [1.165, 1.54) is 11.8 Å². The topological polar surface area (TPSA) is 25.2 Å². The third-order valence-electron chi connectivity index (χ3n) is 4.33. The summed E-state index contributed by atoms with van der Waals surface area (Å²) in [5.41, 5.74) is 2.92. The first-order valence-electron chi connectivity index (χ1n) is 8.20. The predicted molar refractivity (Wildman–Crippen MR) is 115 cm³/mol. The van der Waals surface area contributed by atoms with Gasteiger partial charge in [0, 0.05) is 34.2 Å². The van der Waals surface area contributed by atoms with Gasteiger partial charge < -0.3 is 4.57 Å². The molecule has 2 heterocycles. The van der Waals surface area contributed by atoms with Crippen molar-refractivity contribution in [3.8, 4) is 0 Å². The van der Waals surface area contributed by atoms with E-state index in [-0.39, 0.29) is 5.91 Å². The zero-order valence-electron chi connectivity index (χ0n) is 14.0. The number of aromatic nitrogens is 1. The van der Waals surface area contributed by atoms with Crippen LogP contribution in [0, 0.1) is 0 Å². The molecule has 1 fully saturated rings. The zero-order valence-corrected chi connectivity index (χ0v) is 16.4. The fraction of sp³-hybridized carbons (Fsp3) is 0.100. The van der Waals surface area contributed by atoms with Crippen LogP contribution < -0.4 is 4.90 Å². The lowest BCUT2D eigenvalue weighted by Crippen LogP contribution is -2.27. The van der Waals surface area contributed by atoms with Crippen LogP contribution >= 0.6 is 35.6 Å². The highest BCUT2D eigenvalue weighted by molar-refractivity contribution is 8.27. The van der Waals surface area contributed by atoms with Gasteiger partial charge in [0.25, 0.3) is 5.91 Å². The smallest absolute Gasteiger partial charge is 0.270 e. The van der Waals surface area contributed by atoms with Crippen molar-refractivity contribution in [2.24, 2.45) is 0 Å². The number of thioether (sulfide) groups is 1. The Kier molecular flexibility index (Phi) is 4.61. The maximum absolute atomic E-state index is 12.9. The van der Waals surface area contributed by atoms with E-state index in [9.17, 15) is 4.79 Å². The highest BCUT2D eigenvalue weighted by Gasteiger charge is 2.33. The second kappa shape index (κ2) is 6.91. The van der Waals surface area contributed by atoms with Gasteiger partial charge in [-0.2, -0.15) is 0 Å². The zero-order chi connectivity index (χ0) is 18.3. The third-order valence-corrected chi connectivity index (χ3v) is 5.88. The van der Waals surface area contributed by atoms with Gasteiger partial charge in [0.2, 0.25) is 0 Å². The second-order valence-electron chi connectivity index (χ2n) is 5.88. The number of carbonyl (C=O) groups is 1. The number of fused-ring (bicyclic) bond motifs is 1. The SMILES string of the molecule is CCn1cc(/C=C2/SC(=S)N(c3ccc(Cl)cc3)C2=O)c2ccccc21. The standard InChI is InChI=1S/C20H15ClN2OS2/c1-2-22-12-13(16-5-3-4-6-17(16)22)11-18-19(24)23(20(25)26-18)15-9-7-14(21)8-10-15/h3-12H,2H2,1H3/b18-11+. The maximum atomic E-state index is 12.9. The number of rotatable bonds is 3. The van der Waals surface area contributed by atoms with Gasteiger partial charge in [-0.1, -0.05) is 53.8 Å². The molecular formula is C20H15ClN2OS2. The molecule has 4 rings (SSSR count). The Hall–Kier alpha value is -2.08. The quantitative estimate of drug-likeness (QED) is 0.416. The number of hydrogen-bond donors (Lipinski definition) is 0. The van der Waals surface area contributed by atoms with Crippen LogP contribution in [0.3, 0.4) is 0 Å². The number of amides is 1. The Bertz CT molecular complexity index is 1050. The van der Waals surface area contributed by atoms with E-state index < -0.39 is 0 Å². The lowest BCUT2D eigenvalue weighted by molar-refractivity contribution is -0.113. The summed E-state index contributed by atoms with van der Waals surface area (Å²) >= 11 is 12.7. The van der Waals surface area contributed by atoms with Crippen molar-refractivity contribution in [2.75, 3.05) is 4.90 Å². The normalized spacial score (nSPS) is 16.2. The van der Waals surface area contributed by atoms with Gasteiger partial charge in [0.15, 0.2) is 4.32 Å². The van der Waals surface area contributed by atoms with Crippen LogP contribution in [-0.4, -0.2) is 14.8 Å². The number of halogens is 1. The molecule has 1 aromatic heterocycles. The van der Waals surface area contributed by atoms with E-state index in [1.807, 2.05) is 18.2 Å². The van der Waals surface area contributed by atoms with E-state index in [4.69, 9.17) is 23.8 Å². The largest absolute Gasteiger partial charge is 0.347 e. The number of thiocarbonyl (C=S) groups is 1. The number of nitrogens with zero attached hydrogens (tertiary/aromatic N) is 2. The minimum absolute atomic E-state index is 0.101. The van der Waals surface area contributed by atoms with Crippen molar-refractivity contribution in [2.45, 2.75) is 13.5 Å². The van der Waals surface area contributed by atoms with Crippen molar-refractivity contribution < 1.29 is 4.79 Å². The molecule has 26 heavy (non-hydrogen) atoms. The minimum Gasteiger partial charge on any atom is -0.347 e. The van der Waals surface area contributed by atoms with Crippen LogP contribution in [0.2, 0.25) is 5.02 Å². The van der Waals surface area contributed by atoms with Crippen molar-refractivity contribution in [3.05, 3.63) is 70.2 Å². The number of benzene rings is 2. The van der Waals surface area contributed by atoms with Gasteiger partial charge in [-0.25, -0.2) is 0 Å². The van der Waals surface area contributed by atoms with Crippen molar-refractivity contribution in [3.63, 3.8) is 0 Å². The average Bonchev–Trinajstić information content (AvgIpc) is 3.14. The Morgan fingerprint density at radius 3 is 2.62 bits per heavy atom. The first-order valence-corrected chi connectivity index (χ1v) is 9.80. The van der Waals surface area contributed by atoms with E-state index >= 15 is 0 Å². The van der Waals surface area contributed by atoms with Crippen LogP contribution in [-0.2, 0) is 11.3 Å². The fourth-order valence-electron chi connectivity index (χ4n) is 3.07. The summed E-state index contributed by atoms with van der Waals surface area (Å²) in [6.45, 7) is 2.98. The van der Waals surface area contributed by atoms with Gasteiger partial charge >= 0.3 is 0 Å². The molecule has 1 aliphatic rings. The fourth-order valence-corrected chi connectivity index (χ4v) is 4.49. The van der Waals surface area contributed by atoms with Crippen molar-refractivity contribution in [1.29, 1.82) is 0 Å². The number of para-hydroxylation sites is 1. The summed E-state index contributed by atoms with van der Waals surface area (Å²) in [6.07, 6.45) is 4.02. The molecule has 0 N–H and O–H groups in total. The van der Waals surface area contributed by atoms with E-state index in [0.717, 1.165) is 28.7 Å². The molecule has 0 spiro atoms. The number of anilines is 1. The molecule has 1 amide bonds. The average molecular weight is 399 g/mol. The van der Waals surface area contributed by atoms with Gasteiger partial charge in [0.05, 0.1) is 10.6 Å². The van der Waals surface area contributed by atoms with Gasteiger partial charge in [-0.05, 0) is 43.3 Å². The molecule has 3 aromatic rings. The Balaban J connectivity index is 1.74.